The molecule has 360 valence electrons. The molecular weight excluding hydrogens is 863 g/mol. The van der Waals surface area contributed by atoms with Gasteiger partial charge in [0.25, 0.3) is 0 Å². The van der Waals surface area contributed by atoms with Crippen molar-refractivity contribution < 1.29 is 6.48 Å². The molecule has 0 atom stereocenters. The maximum Gasteiger partial charge on any atom is 0.149 e. The van der Waals surface area contributed by atoms with Crippen LogP contribution in [0.25, 0.3) is 83.9 Å². The summed E-state index contributed by atoms with van der Waals surface area (Å²) in [7, 11) is 0. The van der Waals surface area contributed by atoms with Gasteiger partial charge in [0.2, 0.25) is 0 Å². The molecule has 0 amide bonds. The number of hydrogen-bond donors (Lipinski definition) is 1. The van der Waals surface area contributed by atoms with Crippen molar-refractivity contribution in [2.45, 2.75) is 124 Å². The van der Waals surface area contributed by atoms with E-state index in [2.05, 4.69) is 245 Å². The summed E-state index contributed by atoms with van der Waals surface area (Å²) in [6, 6.07) is 56.6. The lowest BCUT2D eigenvalue weighted by atomic mass is 9.79. The van der Waals surface area contributed by atoms with Crippen molar-refractivity contribution in [3.05, 3.63) is 192 Å². The SMILES string of the molecule is [2H]C(C)(C)c1ccc(-c2ccnc(-c3cc(-c4ccccc4)cc(-c4cccc5c4nc(-c4cc(C(C)(C)C)cc(C(C)(C)C)c4O)n5-c4cc(C(C)(C)C)ccc4-c4ccc(C(C)(C)C)cc4)c3)c2)cc1. The van der Waals surface area contributed by atoms with E-state index in [1.807, 2.05) is 20.0 Å². The maximum atomic E-state index is 12.7. The Balaban J connectivity index is 1.35. The monoisotopic (exact) mass is 935 g/mol. The highest BCUT2D eigenvalue weighted by Crippen LogP contribution is 2.46. The Labute approximate surface area is 425 Å². The summed E-state index contributed by atoms with van der Waals surface area (Å²) >= 11 is 0. The van der Waals surface area contributed by atoms with Gasteiger partial charge in [0.15, 0.2) is 0 Å². The van der Waals surface area contributed by atoms with E-state index in [-0.39, 0.29) is 27.4 Å². The van der Waals surface area contributed by atoms with Gasteiger partial charge in [0, 0.05) is 29.8 Å². The zero-order chi connectivity index (χ0) is 51.7. The Morgan fingerprint density at radius 1 is 0.465 bits per heavy atom. The van der Waals surface area contributed by atoms with Gasteiger partial charge in [-0.1, -0.05) is 206 Å². The van der Waals surface area contributed by atoms with Crippen LogP contribution in [-0.2, 0) is 21.7 Å². The summed E-state index contributed by atoms with van der Waals surface area (Å²) in [5.74, 6) is 0.242. The number of hydrogen-bond acceptors (Lipinski definition) is 3. The van der Waals surface area contributed by atoms with Crippen molar-refractivity contribution >= 4 is 11.0 Å². The smallest absolute Gasteiger partial charge is 0.149 e. The van der Waals surface area contributed by atoms with Gasteiger partial charge in [-0.15, -0.1) is 0 Å². The third-order valence-corrected chi connectivity index (χ3v) is 14.1. The van der Waals surface area contributed by atoms with Crippen LogP contribution in [0.2, 0.25) is 0 Å². The summed E-state index contributed by atoms with van der Waals surface area (Å²) in [5.41, 5.74) is 18.5. The van der Waals surface area contributed by atoms with Crippen molar-refractivity contribution in [1.29, 1.82) is 0 Å². The molecule has 1 N–H and O–H groups in total. The zero-order valence-electron chi connectivity index (χ0n) is 45.4. The number of aromatic nitrogens is 3. The second-order valence-corrected chi connectivity index (χ2v) is 23.8. The fourth-order valence-electron chi connectivity index (χ4n) is 9.64. The fraction of sp³-hybridized carbons (Fsp3) is 0.284. The predicted octanol–water partition coefficient (Wildman–Crippen LogP) is 18.4. The van der Waals surface area contributed by atoms with Gasteiger partial charge in [-0.05, 0) is 132 Å². The standard InChI is InChI=1S/C67H71N3O/c1-42(2)43-23-25-45(26-24-43)47-33-34-68-58(38-47)50-36-48(44-19-16-15-17-20-44)35-49(37-50)55-21-18-22-59-61(55)69-63(56-39-53(66(9,10)11)40-57(62(56)71)67(12,13)14)70(59)60-41-52(65(6,7)8)31-32-54(60)46-27-29-51(30-28-46)64(3,4)5/h15-42,71H,1-14H3/i42D. The lowest BCUT2D eigenvalue weighted by molar-refractivity contribution is 0.446. The molecule has 9 aromatic rings. The summed E-state index contributed by atoms with van der Waals surface area (Å²) in [6.07, 6.45) is 1.89. The first-order chi connectivity index (χ1) is 33.8. The molecule has 0 aliphatic rings. The van der Waals surface area contributed by atoms with Crippen LogP contribution in [0.4, 0.5) is 0 Å². The van der Waals surface area contributed by atoms with Crippen molar-refractivity contribution in [3.63, 3.8) is 0 Å². The minimum Gasteiger partial charge on any atom is -0.507 e. The normalized spacial score (nSPS) is 12.9. The van der Waals surface area contributed by atoms with E-state index in [1.54, 1.807) is 0 Å². The highest BCUT2D eigenvalue weighted by Gasteiger charge is 2.30. The third kappa shape index (κ3) is 9.87. The number of benzene rings is 7. The van der Waals surface area contributed by atoms with Gasteiger partial charge in [-0.25, -0.2) is 4.98 Å². The number of rotatable bonds is 8. The Hall–Kier alpha value is -7.04. The van der Waals surface area contributed by atoms with E-state index in [9.17, 15) is 5.11 Å². The van der Waals surface area contributed by atoms with Crippen molar-refractivity contribution in [3.8, 4) is 78.6 Å². The molecule has 2 aromatic heterocycles. The molecule has 0 unspecified atom stereocenters. The van der Waals surface area contributed by atoms with E-state index < -0.39 is 5.89 Å². The molecule has 0 radical (unpaired) electrons. The Kier molecular flexibility index (Phi) is 12.3. The number of para-hydroxylation sites is 1. The van der Waals surface area contributed by atoms with Crippen LogP contribution in [0.5, 0.6) is 5.75 Å². The summed E-state index contributed by atoms with van der Waals surface area (Å²) in [5, 5.41) is 12.7. The summed E-state index contributed by atoms with van der Waals surface area (Å²) in [6.45, 7) is 30.6. The largest absolute Gasteiger partial charge is 0.507 e. The van der Waals surface area contributed by atoms with E-state index in [0.717, 1.165) is 89.2 Å². The van der Waals surface area contributed by atoms with Crippen molar-refractivity contribution in [2.24, 2.45) is 0 Å². The lowest BCUT2D eigenvalue weighted by Crippen LogP contribution is -2.17. The van der Waals surface area contributed by atoms with Crippen LogP contribution in [0.3, 0.4) is 0 Å². The Bertz CT molecular complexity index is 3450. The molecule has 71 heavy (non-hydrogen) atoms. The molecule has 0 saturated heterocycles. The lowest BCUT2D eigenvalue weighted by Gasteiger charge is -2.28. The first kappa shape index (κ1) is 47.6. The average molecular weight is 935 g/mol. The van der Waals surface area contributed by atoms with Gasteiger partial charge in [-0.2, -0.15) is 0 Å². The topological polar surface area (TPSA) is 50.9 Å². The van der Waals surface area contributed by atoms with Crippen LogP contribution >= 0.6 is 0 Å². The number of pyridine rings is 1. The number of imidazole rings is 1. The number of phenols is 1. The first-order valence-electron chi connectivity index (χ1n) is 25.7. The molecule has 0 saturated carbocycles. The molecular formula is C67H71N3O. The molecule has 4 heteroatoms. The van der Waals surface area contributed by atoms with Crippen LogP contribution in [-0.4, -0.2) is 19.6 Å². The molecule has 0 fully saturated rings. The summed E-state index contributed by atoms with van der Waals surface area (Å²) in [4.78, 5) is 10.8. The van der Waals surface area contributed by atoms with Gasteiger partial charge >= 0.3 is 0 Å². The van der Waals surface area contributed by atoms with Gasteiger partial charge in [0.05, 0.1) is 28.0 Å². The number of phenolic OH excluding ortho intramolecular Hbond substituents is 1. The number of nitrogens with zero attached hydrogens (tertiary/aromatic N) is 3. The molecule has 0 bridgehead atoms. The molecule has 0 aliphatic heterocycles. The zero-order valence-corrected chi connectivity index (χ0v) is 44.4. The quantitative estimate of drug-likeness (QED) is 0.165. The molecule has 7 aromatic carbocycles. The summed E-state index contributed by atoms with van der Waals surface area (Å²) < 4.78 is 10.9. The molecule has 0 aliphatic carbocycles. The van der Waals surface area contributed by atoms with Gasteiger partial charge < -0.3 is 5.11 Å². The van der Waals surface area contributed by atoms with E-state index in [0.29, 0.717) is 11.4 Å². The van der Waals surface area contributed by atoms with Crippen molar-refractivity contribution in [1.82, 2.24) is 14.5 Å². The molecule has 9 rings (SSSR count). The maximum absolute atomic E-state index is 12.7. The Morgan fingerprint density at radius 2 is 1.07 bits per heavy atom. The van der Waals surface area contributed by atoms with Crippen LogP contribution in [0.15, 0.2) is 164 Å². The molecule has 2 heterocycles. The molecule has 4 nitrogen and oxygen atoms in total. The van der Waals surface area contributed by atoms with Gasteiger partial charge in [-0.3, -0.25) is 9.55 Å². The minimum absolute atomic E-state index is 0.00509. The predicted molar refractivity (Wildman–Crippen MR) is 302 cm³/mol. The average Bonchev–Trinajstić information content (AvgIpc) is 3.72. The van der Waals surface area contributed by atoms with Crippen LogP contribution in [0.1, 0.15) is 132 Å². The first-order valence-corrected chi connectivity index (χ1v) is 25.2. The fourth-order valence-corrected chi connectivity index (χ4v) is 9.64. The number of fused-ring (bicyclic) bond motifs is 1. The highest BCUT2D eigenvalue weighted by molar-refractivity contribution is 5.98. The minimum atomic E-state index is -0.682. The van der Waals surface area contributed by atoms with Crippen molar-refractivity contribution in [2.75, 3.05) is 0 Å². The second kappa shape index (κ2) is 18.3. The van der Waals surface area contributed by atoms with E-state index in [1.165, 1.54) is 11.1 Å². The highest BCUT2D eigenvalue weighted by atomic mass is 16.3. The number of aromatic hydroxyl groups is 1. The Morgan fingerprint density at radius 3 is 1.70 bits per heavy atom. The van der Waals surface area contributed by atoms with Gasteiger partial charge in [0.1, 0.15) is 11.6 Å². The third-order valence-electron chi connectivity index (χ3n) is 14.1. The van der Waals surface area contributed by atoms with E-state index in [4.69, 9.17) is 11.3 Å². The van der Waals surface area contributed by atoms with E-state index >= 15 is 0 Å². The van der Waals surface area contributed by atoms with Crippen LogP contribution < -0.4 is 0 Å². The second-order valence-electron chi connectivity index (χ2n) is 23.8. The van der Waals surface area contributed by atoms with Crippen LogP contribution in [0, 0.1) is 0 Å². The molecule has 0 spiro atoms.